The van der Waals surface area contributed by atoms with E-state index in [2.05, 4.69) is 40.4 Å². The number of nitrogen functional groups attached to an aromatic ring is 1. The van der Waals surface area contributed by atoms with E-state index in [1.54, 1.807) is 0 Å². The van der Waals surface area contributed by atoms with Crippen LogP contribution in [0.4, 0.5) is 17.5 Å². The number of rotatable bonds is 8. The molecule has 0 amide bonds. The van der Waals surface area contributed by atoms with Gasteiger partial charge in [-0.05, 0) is 78.8 Å². The first-order chi connectivity index (χ1) is 16.9. The Morgan fingerprint density at radius 2 is 1.86 bits per heavy atom. The zero-order valence-corrected chi connectivity index (χ0v) is 20.0. The van der Waals surface area contributed by atoms with Crippen LogP contribution in [0.1, 0.15) is 48.1 Å². The first-order valence-electron chi connectivity index (χ1n) is 12.0. The number of aromatic nitrogens is 2. The van der Waals surface area contributed by atoms with Gasteiger partial charge in [-0.2, -0.15) is 4.98 Å². The highest BCUT2D eigenvalue weighted by Crippen LogP contribution is 2.32. The molecule has 0 aliphatic heterocycles. The van der Waals surface area contributed by atoms with Gasteiger partial charge in [0, 0.05) is 19.1 Å². The second-order valence-corrected chi connectivity index (χ2v) is 9.32. The molecule has 9 heteroatoms. The summed E-state index contributed by atoms with van der Waals surface area (Å²) < 4.78 is 0. The second kappa shape index (κ2) is 10.8. The van der Waals surface area contributed by atoms with E-state index in [9.17, 15) is 10.1 Å². The standard InChI is InChI=1S/C26H33N7O2/c1-16-20(6-3-7-22(16)19-5-2-4-18(12-19)14-27)15-30-26-31-23(24(33(34)35)25(29)32-26)13-17-8-10-21(28)11-9-17/h2-7,12,17,21H,8-11,13-15,27-28H2,1H3,(H3,29,30,31,32)/t17-,21-. The van der Waals surface area contributed by atoms with E-state index in [-0.39, 0.29) is 17.5 Å². The van der Waals surface area contributed by atoms with Crippen LogP contribution in [0.2, 0.25) is 0 Å². The molecule has 1 aliphatic rings. The van der Waals surface area contributed by atoms with Gasteiger partial charge in [-0.25, -0.2) is 4.98 Å². The van der Waals surface area contributed by atoms with Crippen LogP contribution in [0.5, 0.6) is 0 Å². The fraction of sp³-hybridized carbons (Fsp3) is 0.385. The minimum atomic E-state index is -0.480. The van der Waals surface area contributed by atoms with Crippen molar-refractivity contribution in [1.82, 2.24) is 9.97 Å². The van der Waals surface area contributed by atoms with Crippen LogP contribution in [-0.2, 0) is 19.5 Å². The molecular formula is C26H33N7O2. The normalized spacial score (nSPS) is 17.8. The molecule has 3 aromatic rings. The van der Waals surface area contributed by atoms with E-state index in [0.29, 0.717) is 37.1 Å². The molecule has 0 atom stereocenters. The van der Waals surface area contributed by atoms with Gasteiger partial charge in [-0.15, -0.1) is 0 Å². The Balaban J connectivity index is 1.55. The Labute approximate surface area is 205 Å². The summed E-state index contributed by atoms with van der Waals surface area (Å²) in [5.41, 5.74) is 23.5. The number of hydrogen-bond acceptors (Lipinski definition) is 8. The zero-order chi connectivity index (χ0) is 24.9. The summed E-state index contributed by atoms with van der Waals surface area (Å²) in [7, 11) is 0. The minimum Gasteiger partial charge on any atom is -0.378 e. The quantitative estimate of drug-likeness (QED) is 0.280. The van der Waals surface area contributed by atoms with E-state index < -0.39 is 4.92 Å². The van der Waals surface area contributed by atoms with E-state index in [0.717, 1.165) is 53.5 Å². The van der Waals surface area contributed by atoms with Crippen molar-refractivity contribution < 1.29 is 4.92 Å². The molecule has 7 N–H and O–H groups in total. The number of hydrogen-bond donors (Lipinski definition) is 4. The van der Waals surface area contributed by atoms with Gasteiger partial charge in [0.05, 0.1) is 4.92 Å². The molecule has 0 radical (unpaired) electrons. The molecule has 0 spiro atoms. The van der Waals surface area contributed by atoms with Crippen LogP contribution in [0, 0.1) is 23.0 Å². The first kappa shape index (κ1) is 24.6. The van der Waals surface area contributed by atoms with Gasteiger partial charge in [-0.1, -0.05) is 36.4 Å². The number of nitro groups is 1. The fourth-order valence-corrected chi connectivity index (χ4v) is 4.83. The smallest absolute Gasteiger partial charge is 0.332 e. The summed E-state index contributed by atoms with van der Waals surface area (Å²) in [6.45, 7) is 3.03. The Morgan fingerprint density at radius 1 is 1.11 bits per heavy atom. The topological polar surface area (TPSA) is 159 Å². The van der Waals surface area contributed by atoms with Gasteiger partial charge in [0.2, 0.25) is 11.8 Å². The highest BCUT2D eigenvalue weighted by Gasteiger charge is 2.27. The lowest BCUT2D eigenvalue weighted by Gasteiger charge is -2.25. The van der Waals surface area contributed by atoms with Gasteiger partial charge in [0.15, 0.2) is 0 Å². The van der Waals surface area contributed by atoms with Gasteiger partial charge >= 0.3 is 5.69 Å². The fourth-order valence-electron chi connectivity index (χ4n) is 4.83. The lowest BCUT2D eigenvalue weighted by atomic mass is 9.83. The highest BCUT2D eigenvalue weighted by atomic mass is 16.6. The van der Waals surface area contributed by atoms with Crippen LogP contribution in [-0.4, -0.2) is 20.9 Å². The summed E-state index contributed by atoms with van der Waals surface area (Å²) in [5, 5.41) is 14.9. The van der Waals surface area contributed by atoms with E-state index in [1.165, 1.54) is 0 Å². The van der Waals surface area contributed by atoms with E-state index in [1.807, 2.05) is 24.3 Å². The Bertz CT molecular complexity index is 1210. The van der Waals surface area contributed by atoms with E-state index in [4.69, 9.17) is 17.2 Å². The van der Waals surface area contributed by atoms with Crippen molar-refractivity contribution in [2.45, 2.75) is 58.2 Å². The number of nitrogens with one attached hydrogen (secondary N) is 1. The lowest BCUT2D eigenvalue weighted by Crippen LogP contribution is -2.27. The van der Waals surface area contributed by atoms with Crippen LogP contribution in [0.15, 0.2) is 42.5 Å². The molecule has 9 nitrogen and oxygen atoms in total. The molecule has 1 fully saturated rings. The van der Waals surface area contributed by atoms with Gasteiger partial charge in [-0.3, -0.25) is 10.1 Å². The van der Waals surface area contributed by atoms with Crippen LogP contribution in [0.3, 0.4) is 0 Å². The van der Waals surface area contributed by atoms with E-state index >= 15 is 0 Å². The number of benzene rings is 2. The maximum absolute atomic E-state index is 11.7. The first-order valence-corrected chi connectivity index (χ1v) is 12.0. The maximum atomic E-state index is 11.7. The predicted molar refractivity (Wildman–Crippen MR) is 139 cm³/mol. The van der Waals surface area contributed by atoms with Gasteiger partial charge in [0.25, 0.3) is 0 Å². The number of anilines is 2. The molecule has 4 rings (SSSR count). The van der Waals surface area contributed by atoms with Gasteiger partial charge < -0.3 is 22.5 Å². The maximum Gasteiger partial charge on any atom is 0.332 e. The molecule has 1 aliphatic carbocycles. The molecular weight excluding hydrogens is 442 g/mol. The third kappa shape index (κ3) is 5.75. The third-order valence-electron chi connectivity index (χ3n) is 6.90. The van der Waals surface area contributed by atoms with Crippen molar-refractivity contribution in [2.75, 3.05) is 11.1 Å². The monoisotopic (exact) mass is 475 g/mol. The molecule has 0 unspecified atom stereocenters. The molecule has 35 heavy (non-hydrogen) atoms. The summed E-state index contributed by atoms with van der Waals surface area (Å²) in [6.07, 6.45) is 4.21. The van der Waals surface area contributed by atoms with Crippen LogP contribution in [0.25, 0.3) is 11.1 Å². The largest absolute Gasteiger partial charge is 0.378 e. The molecule has 1 saturated carbocycles. The third-order valence-corrected chi connectivity index (χ3v) is 6.90. The van der Waals surface area contributed by atoms with Crippen LogP contribution >= 0.6 is 0 Å². The van der Waals surface area contributed by atoms with Crippen molar-refractivity contribution in [3.8, 4) is 11.1 Å². The minimum absolute atomic E-state index is 0.112. The molecule has 1 aromatic heterocycles. The van der Waals surface area contributed by atoms with Crippen molar-refractivity contribution in [3.05, 3.63) is 75.0 Å². The van der Waals surface area contributed by atoms with Crippen molar-refractivity contribution in [3.63, 3.8) is 0 Å². The van der Waals surface area contributed by atoms with Crippen molar-refractivity contribution >= 4 is 17.5 Å². The average Bonchev–Trinajstić information content (AvgIpc) is 2.84. The number of nitrogens with two attached hydrogens (primary N) is 3. The summed E-state index contributed by atoms with van der Waals surface area (Å²) >= 11 is 0. The highest BCUT2D eigenvalue weighted by molar-refractivity contribution is 5.69. The molecule has 2 aromatic carbocycles. The number of nitrogens with zero attached hydrogens (tertiary/aromatic N) is 3. The summed E-state index contributed by atoms with van der Waals surface area (Å²) in [5.74, 6) is 0.489. The predicted octanol–water partition coefficient (Wildman–Crippen LogP) is 4.07. The average molecular weight is 476 g/mol. The van der Waals surface area contributed by atoms with Gasteiger partial charge in [0.1, 0.15) is 5.69 Å². The Morgan fingerprint density at radius 3 is 2.57 bits per heavy atom. The molecule has 1 heterocycles. The molecule has 0 bridgehead atoms. The Kier molecular flexibility index (Phi) is 7.57. The molecule has 184 valence electrons. The van der Waals surface area contributed by atoms with Crippen molar-refractivity contribution in [2.24, 2.45) is 17.4 Å². The second-order valence-electron chi connectivity index (χ2n) is 9.32. The Hall–Kier alpha value is -3.56. The molecule has 0 saturated heterocycles. The summed E-state index contributed by atoms with van der Waals surface area (Å²) in [4.78, 5) is 19.9. The zero-order valence-electron chi connectivity index (χ0n) is 20.0. The lowest BCUT2D eigenvalue weighted by molar-refractivity contribution is -0.385. The van der Waals surface area contributed by atoms with Crippen molar-refractivity contribution in [1.29, 1.82) is 0 Å². The van der Waals surface area contributed by atoms with Crippen LogP contribution < -0.4 is 22.5 Å². The SMILES string of the molecule is Cc1c(CNc2nc(N)c([N+](=O)[O-])c(C[C@H]3CC[C@H](N)CC3)n2)cccc1-c1cccc(CN)c1. The summed E-state index contributed by atoms with van der Waals surface area (Å²) in [6, 6.07) is 14.6.